The van der Waals surface area contributed by atoms with Gasteiger partial charge in [0.15, 0.2) is 0 Å². The molecule has 158 valence electrons. The van der Waals surface area contributed by atoms with Crippen molar-refractivity contribution in [3.05, 3.63) is 36.9 Å². The Labute approximate surface area is 172 Å². The average molecular weight is 420 g/mol. The molecule has 0 spiro atoms. The van der Waals surface area contributed by atoms with Crippen LogP contribution in [0.1, 0.15) is 45.4 Å². The van der Waals surface area contributed by atoms with Gasteiger partial charge in [-0.1, -0.05) is 25.8 Å². The van der Waals surface area contributed by atoms with E-state index in [1.54, 1.807) is 17.0 Å². The van der Waals surface area contributed by atoms with Crippen LogP contribution in [0.2, 0.25) is 0 Å². The van der Waals surface area contributed by atoms with Gasteiger partial charge in [-0.15, -0.1) is 0 Å². The molecule has 3 rings (SSSR count). The van der Waals surface area contributed by atoms with Crippen LogP contribution in [-0.4, -0.2) is 44.3 Å². The molecule has 1 heterocycles. The maximum Gasteiger partial charge on any atom is 0.245 e. The summed E-state index contributed by atoms with van der Waals surface area (Å²) >= 11 is 0. The number of rotatable bonds is 6. The first-order chi connectivity index (χ1) is 13.7. The predicted octanol–water partition coefficient (Wildman–Crippen LogP) is 2.66. The number of amides is 2. The number of anilines is 1. The molecule has 2 amide bonds. The first-order valence-corrected chi connectivity index (χ1v) is 11.6. The lowest BCUT2D eigenvalue weighted by Crippen LogP contribution is -2.37. The van der Waals surface area contributed by atoms with Gasteiger partial charge >= 0.3 is 0 Å². The smallest absolute Gasteiger partial charge is 0.245 e. The van der Waals surface area contributed by atoms with E-state index in [0.29, 0.717) is 25.2 Å². The lowest BCUT2D eigenvalue weighted by Gasteiger charge is -2.24. The SMILES string of the molecule is C=CC(=O)N1CCC(C)(C(=O)Nc2ccc(S(=O)(=O)NC3CCCCC3)cc2)C1. The fourth-order valence-electron chi connectivity index (χ4n) is 3.97. The van der Waals surface area contributed by atoms with Crippen LogP contribution in [0.5, 0.6) is 0 Å². The first kappa shape index (κ1) is 21.5. The van der Waals surface area contributed by atoms with Crippen LogP contribution in [0.4, 0.5) is 5.69 Å². The Hall–Kier alpha value is -2.19. The van der Waals surface area contributed by atoms with E-state index < -0.39 is 15.4 Å². The largest absolute Gasteiger partial charge is 0.338 e. The third-order valence-corrected chi connectivity index (χ3v) is 7.39. The molecule has 2 aliphatic rings. The second-order valence-electron chi connectivity index (χ2n) is 8.21. The molecule has 1 aromatic carbocycles. The molecule has 29 heavy (non-hydrogen) atoms. The van der Waals surface area contributed by atoms with Gasteiger partial charge in [-0.3, -0.25) is 9.59 Å². The van der Waals surface area contributed by atoms with Crippen LogP contribution >= 0.6 is 0 Å². The Bertz CT molecular complexity index is 876. The zero-order chi connectivity index (χ0) is 21.1. The molecule has 2 fully saturated rings. The summed E-state index contributed by atoms with van der Waals surface area (Å²) < 4.78 is 27.9. The molecule has 1 saturated carbocycles. The van der Waals surface area contributed by atoms with Crippen molar-refractivity contribution >= 4 is 27.5 Å². The second-order valence-corrected chi connectivity index (χ2v) is 9.92. The van der Waals surface area contributed by atoms with Crippen molar-refractivity contribution in [3.8, 4) is 0 Å². The lowest BCUT2D eigenvalue weighted by molar-refractivity contribution is -0.127. The van der Waals surface area contributed by atoms with E-state index in [0.717, 1.165) is 32.1 Å². The summed E-state index contributed by atoms with van der Waals surface area (Å²) in [4.78, 5) is 26.3. The normalized spacial score (nSPS) is 23.0. The van der Waals surface area contributed by atoms with Crippen molar-refractivity contribution in [2.45, 2.75) is 56.4 Å². The molecule has 1 saturated heterocycles. The van der Waals surface area contributed by atoms with Crippen molar-refractivity contribution in [2.75, 3.05) is 18.4 Å². The summed E-state index contributed by atoms with van der Waals surface area (Å²) in [6, 6.07) is 6.20. The zero-order valence-electron chi connectivity index (χ0n) is 16.8. The summed E-state index contributed by atoms with van der Waals surface area (Å²) in [7, 11) is -3.57. The fraction of sp³-hybridized carbons (Fsp3) is 0.524. The maximum atomic E-state index is 12.7. The first-order valence-electron chi connectivity index (χ1n) is 10.1. The number of nitrogens with one attached hydrogen (secondary N) is 2. The van der Waals surface area contributed by atoms with Crippen LogP contribution in [0.15, 0.2) is 41.8 Å². The highest BCUT2D eigenvalue weighted by atomic mass is 32.2. The van der Waals surface area contributed by atoms with Gasteiger partial charge in [0.05, 0.1) is 10.3 Å². The highest BCUT2D eigenvalue weighted by Crippen LogP contribution is 2.31. The molecule has 0 radical (unpaired) electrons. The third kappa shape index (κ3) is 5.05. The quantitative estimate of drug-likeness (QED) is 0.693. The molecule has 1 aromatic rings. The second kappa shape index (κ2) is 8.67. The molecule has 7 nitrogen and oxygen atoms in total. The topological polar surface area (TPSA) is 95.6 Å². The van der Waals surface area contributed by atoms with Crippen molar-refractivity contribution in [3.63, 3.8) is 0 Å². The van der Waals surface area contributed by atoms with Crippen molar-refractivity contribution in [1.82, 2.24) is 9.62 Å². The molecule has 0 bridgehead atoms. The maximum absolute atomic E-state index is 12.7. The molecular weight excluding hydrogens is 390 g/mol. The van der Waals surface area contributed by atoms with E-state index in [4.69, 9.17) is 0 Å². The van der Waals surface area contributed by atoms with Gasteiger partial charge in [0, 0.05) is 24.8 Å². The van der Waals surface area contributed by atoms with Gasteiger partial charge in [-0.05, 0) is 56.5 Å². The van der Waals surface area contributed by atoms with Gasteiger partial charge in [-0.25, -0.2) is 13.1 Å². The molecule has 1 aliphatic heterocycles. The zero-order valence-corrected chi connectivity index (χ0v) is 17.6. The number of carbonyl (C=O) groups excluding carboxylic acids is 2. The highest BCUT2D eigenvalue weighted by molar-refractivity contribution is 7.89. The molecule has 8 heteroatoms. The minimum atomic E-state index is -3.57. The fourth-order valence-corrected chi connectivity index (χ4v) is 5.28. The minimum absolute atomic E-state index is 0.00309. The van der Waals surface area contributed by atoms with Crippen LogP contribution < -0.4 is 10.0 Å². The number of benzene rings is 1. The molecular formula is C21H29N3O4S. The highest BCUT2D eigenvalue weighted by Gasteiger charge is 2.41. The number of nitrogens with zero attached hydrogens (tertiary/aromatic N) is 1. The van der Waals surface area contributed by atoms with Crippen LogP contribution in [0, 0.1) is 5.41 Å². The Morgan fingerprint density at radius 3 is 2.45 bits per heavy atom. The summed E-state index contributed by atoms with van der Waals surface area (Å²) in [6.45, 7) is 6.16. The van der Waals surface area contributed by atoms with Gasteiger partial charge in [-0.2, -0.15) is 0 Å². The number of carbonyl (C=O) groups is 2. The number of sulfonamides is 1. The summed E-state index contributed by atoms with van der Waals surface area (Å²) in [6.07, 6.45) is 6.82. The van der Waals surface area contributed by atoms with E-state index in [-0.39, 0.29) is 22.8 Å². The minimum Gasteiger partial charge on any atom is -0.338 e. The summed E-state index contributed by atoms with van der Waals surface area (Å²) in [5.41, 5.74) is -0.160. The van der Waals surface area contributed by atoms with Crippen molar-refractivity contribution < 1.29 is 18.0 Å². The molecule has 1 aliphatic carbocycles. The number of hydrogen-bond acceptors (Lipinski definition) is 4. The Kier molecular flexibility index (Phi) is 6.43. The van der Waals surface area contributed by atoms with E-state index in [2.05, 4.69) is 16.6 Å². The van der Waals surface area contributed by atoms with Gasteiger partial charge in [0.2, 0.25) is 21.8 Å². The molecule has 1 unspecified atom stereocenters. The average Bonchev–Trinajstić information content (AvgIpc) is 3.12. The predicted molar refractivity (Wildman–Crippen MR) is 112 cm³/mol. The Morgan fingerprint density at radius 1 is 1.17 bits per heavy atom. The lowest BCUT2D eigenvalue weighted by atomic mass is 9.88. The van der Waals surface area contributed by atoms with Gasteiger partial charge < -0.3 is 10.2 Å². The number of hydrogen-bond donors (Lipinski definition) is 2. The standard InChI is InChI=1S/C21H29N3O4S/c1-3-19(25)24-14-13-21(2,15-24)20(26)22-16-9-11-18(12-10-16)29(27,28)23-17-7-5-4-6-8-17/h3,9-12,17,23H,1,4-8,13-15H2,2H3,(H,22,26). The van der Waals surface area contributed by atoms with Crippen LogP contribution in [-0.2, 0) is 19.6 Å². The van der Waals surface area contributed by atoms with E-state index in [1.165, 1.54) is 18.2 Å². The van der Waals surface area contributed by atoms with Crippen molar-refractivity contribution in [2.24, 2.45) is 5.41 Å². The molecule has 2 N–H and O–H groups in total. The van der Waals surface area contributed by atoms with Crippen molar-refractivity contribution in [1.29, 1.82) is 0 Å². The third-order valence-electron chi connectivity index (χ3n) is 5.86. The Balaban J connectivity index is 1.62. The van der Waals surface area contributed by atoms with Crippen LogP contribution in [0.25, 0.3) is 0 Å². The number of likely N-dealkylation sites (tertiary alicyclic amines) is 1. The monoisotopic (exact) mass is 419 g/mol. The Morgan fingerprint density at radius 2 is 1.83 bits per heavy atom. The van der Waals surface area contributed by atoms with E-state index >= 15 is 0 Å². The molecule has 1 atom stereocenters. The van der Waals surface area contributed by atoms with E-state index in [9.17, 15) is 18.0 Å². The summed E-state index contributed by atoms with van der Waals surface area (Å²) in [5, 5.41) is 2.84. The van der Waals surface area contributed by atoms with Gasteiger partial charge in [0.25, 0.3) is 0 Å². The summed E-state index contributed by atoms with van der Waals surface area (Å²) in [5.74, 6) is -0.366. The van der Waals surface area contributed by atoms with E-state index in [1.807, 2.05) is 6.92 Å². The van der Waals surface area contributed by atoms with Gasteiger partial charge in [0.1, 0.15) is 0 Å². The van der Waals surface area contributed by atoms with Crippen LogP contribution in [0.3, 0.4) is 0 Å². The molecule has 0 aromatic heterocycles.